The zero-order valence-corrected chi connectivity index (χ0v) is 6.10. The summed E-state index contributed by atoms with van der Waals surface area (Å²) in [6.45, 7) is 0. The zero-order chi connectivity index (χ0) is 9.19. The van der Waals surface area contributed by atoms with Crippen molar-refractivity contribution >= 4 is 0 Å². The van der Waals surface area contributed by atoms with Crippen molar-refractivity contribution in [2.24, 2.45) is 5.92 Å². The molecule has 4 nitrogen and oxygen atoms in total. The molecule has 0 heterocycles. The van der Waals surface area contributed by atoms with Crippen molar-refractivity contribution in [3.8, 4) is 12.1 Å². The molecule has 2 unspecified atom stereocenters. The van der Waals surface area contributed by atoms with Gasteiger partial charge >= 0.3 is 0 Å². The maximum atomic E-state index is 9.46. The van der Waals surface area contributed by atoms with Gasteiger partial charge in [0.1, 0.15) is 17.7 Å². The minimum absolute atomic E-state index is 0.487. The predicted molar refractivity (Wildman–Crippen MR) is 39.5 cm³/mol. The average molecular weight is 162 g/mol. The third-order valence-corrected chi connectivity index (χ3v) is 1.71. The highest BCUT2D eigenvalue weighted by Crippen LogP contribution is 2.27. The van der Waals surface area contributed by atoms with E-state index in [9.17, 15) is 5.11 Å². The first-order valence-corrected chi connectivity index (χ1v) is 3.26. The first-order valence-electron chi connectivity index (χ1n) is 3.26. The van der Waals surface area contributed by atoms with Crippen molar-refractivity contribution in [3.63, 3.8) is 0 Å². The molecule has 0 bridgehead atoms. The van der Waals surface area contributed by atoms with Crippen LogP contribution in [0.5, 0.6) is 0 Å². The van der Waals surface area contributed by atoms with Crippen LogP contribution in [0.25, 0.3) is 0 Å². The normalized spacial score (nSPS) is 33.2. The van der Waals surface area contributed by atoms with Crippen LogP contribution < -0.4 is 0 Å². The summed E-state index contributed by atoms with van der Waals surface area (Å²) in [5.74, 6) is -1.49. The van der Waals surface area contributed by atoms with Gasteiger partial charge in [0.2, 0.25) is 5.60 Å². The first-order chi connectivity index (χ1) is 5.65. The lowest BCUT2D eigenvalue weighted by Crippen LogP contribution is -2.38. The van der Waals surface area contributed by atoms with Crippen molar-refractivity contribution in [1.82, 2.24) is 0 Å². The number of nitriles is 2. The standard InChI is InChI=1S/C8H6N2O2/c9-4-6-2-1-3-7(11)8(6,12)5-10/h1-3,6,11-12H. The van der Waals surface area contributed by atoms with Gasteiger partial charge in [-0.2, -0.15) is 10.5 Å². The van der Waals surface area contributed by atoms with Crippen molar-refractivity contribution in [2.75, 3.05) is 0 Å². The second kappa shape index (κ2) is 2.69. The van der Waals surface area contributed by atoms with Crippen molar-refractivity contribution < 1.29 is 10.2 Å². The van der Waals surface area contributed by atoms with Crippen LogP contribution in [0.3, 0.4) is 0 Å². The quantitative estimate of drug-likeness (QED) is 0.504. The van der Waals surface area contributed by atoms with Crippen LogP contribution in [0.2, 0.25) is 0 Å². The number of aliphatic hydroxyl groups is 2. The van der Waals surface area contributed by atoms with Gasteiger partial charge in [-0.05, 0) is 6.08 Å². The molecule has 2 N–H and O–H groups in total. The van der Waals surface area contributed by atoms with Gasteiger partial charge in [0.05, 0.1) is 6.07 Å². The highest BCUT2D eigenvalue weighted by Gasteiger charge is 2.41. The highest BCUT2D eigenvalue weighted by molar-refractivity contribution is 5.36. The molecule has 0 spiro atoms. The van der Waals surface area contributed by atoms with E-state index < -0.39 is 17.3 Å². The Balaban J connectivity index is 3.15. The lowest BCUT2D eigenvalue weighted by atomic mass is 9.84. The van der Waals surface area contributed by atoms with Gasteiger partial charge in [0.15, 0.2) is 0 Å². The van der Waals surface area contributed by atoms with Crippen molar-refractivity contribution in [3.05, 3.63) is 24.0 Å². The minimum atomic E-state index is -2.08. The number of hydrogen-bond acceptors (Lipinski definition) is 4. The molecule has 0 aliphatic heterocycles. The Morgan fingerprint density at radius 3 is 2.58 bits per heavy atom. The number of rotatable bonds is 0. The smallest absolute Gasteiger partial charge is 0.228 e. The Labute approximate surface area is 69.3 Å². The van der Waals surface area contributed by atoms with Crippen LogP contribution in [-0.2, 0) is 0 Å². The lowest BCUT2D eigenvalue weighted by Gasteiger charge is -2.24. The molecule has 12 heavy (non-hydrogen) atoms. The molecule has 2 atom stereocenters. The Morgan fingerprint density at radius 1 is 1.50 bits per heavy atom. The molecule has 0 saturated heterocycles. The molecule has 4 heteroatoms. The molecule has 0 aromatic carbocycles. The summed E-state index contributed by atoms with van der Waals surface area (Å²) in [5, 5.41) is 35.6. The number of allylic oxidation sites excluding steroid dienone is 2. The number of nitrogens with zero attached hydrogens (tertiary/aromatic N) is 2. The Morgan fingerprint density at radius 2 is 2.17 bits per heavy atom. The third kappa shape index (κ3) is 0.952. The van der Waals surface area contributed by atoms with E-state index in [0.29, 0.717) is 0 Å². The summed E-state index contributed by atoms with van der Waals surface area (Å²) in [6.07, 6.45) is 3.98. The molecule has 1 rings (SSSR count). The van der Waals surface area contributed by atoms with Gasteiger partial charge in [0, 0.05) is 0 Å². The van der Waals surface area contributed by atoms with E-state index in [1.54, 1.807) is 6.07 Å². The van der Waals surface area contributed by atoms with E-state index in [0.717, 1.165) is 0 Å². The van der Waals surface area contributed by atoms with Gasteiger partial charge in [-0.1, -0.05) is 12.2 Å². The molecular weight excluding hydrogens is 156 g/mol. The van der Waals surface area contributed by atoms with E-state index in [-0.39, 0.29) is 0 Å². The summed E-state index contributed by atoms with van der Waals surface area (Å²) in [5.41, 5.74) is -2.08. The van der Waals surface area contributed by atoms with Gasteiger partial charge in [-0.3, -0.25) is 0 Å². The second-order valence-corrected chi connectivity index (χ2v) is 2.42. The Hall–Kier alpha value is -1.78. The van der Waals surface area contributed by atoms with Gasteiger partial charge in [0.25, 0.3) is 0 Å². The van der Waals surface area contributed by atoms with E-state index in [4.69, 9.17) is 15.6 Å². The highest BCUT2D eigenvalue weighted by atomic mass is 16.3. The fourth-order valence-corrected chi connectivity index (χ4v) is 0.947. The van der Waals surface area contributed by atoms with E-state index in [2.05, 4.69) is 0 Å². The maximum Gasteiger partial charge on any atom is 0.228 e. The van der Waals surface area contributed by atoms with Crippen molar-refractivity contribution in [2.45, 2.75) is 5.60 Å². The summed E-state index contributed by atoms with van der Waals surface area (Å²) in [6, 6.07) is 3.21. The molecule has 1 aliphatic carbocycles. The SMILES string of the molecule is N#CC1C=CC=C(O)C1(O)C#N. The van der Waals surface area contributed by atoms with Crippen LogP contribution in [0, 0.1) is 28.6 Å². The first kappa shape index (κ1) is 8.32. The molecule has 1 aliphatic rings. The maximum absolute atomic E-state index is 9.46. The van der Waals surface area contributed by atoms with E-state index >= 15 is 0 Å². The molecule has 60 valence electrons. The van der Waals surface area contributed by atoms with Crippen LogP contribution in [0.1, 0.15) is 0 Å². The summed E-state index contributed by atoms with van der Waals surface area (Å²) in [7, 11) is 0. The Bertz CT molecular complexity index is 332. The van der Waals surface area contributed by atoms with Crippen molar-refractivity contribution in [1.29, 1.82) is 10.5 Å². The summed E-state index contributed by atoms with van der Waals surface area (Å²) in [4.78, 5) is 0. The molecule has 0 aromatic heterocycles. The topological polar surface area (TPSA) is 88.0 Å². The van der Waals surface area contributed by atoms with E-state index in [1.807, 2.05) is 0 Å². The van der Waals surface area contributed by atoms with Gasteiger partial charge in [-0.15, -0.1) is 0 Å². The Kier molecular flexibility index (Phi) is 1.86. The molecule has 0 amide bonds. The molecule has 0 fully saturated rings. The second-order valence-electron chi connectivity index (χ2n) is 2.42. The van der Waals surface area contributed by atoms with Gasteiger partial charge in [-0.25, -0.2) is 0 Å². The van der Waals surface area contributed by atoms with Crippen LogP contribution >= 0.6 is 0 Å². The van der Waals surface area contributed by atoms with Crippen LogP contribution in [0.15, 0.2) is 24.0 Å². The zero-order valence-electron chi connectivity index (χ0n) is 6.10. The minimum Gasteiger partial charge on any atom is -0.508 e. The summed E-state index contributed by atoms with van der Waals surface area (Å²) < 4.78 is 0. The molecular formula is C8H6N2O2. The average Bonchev–Trinajstić information content (AvgIpc) is 2.10. The van der Waals surface area contributed by atoms with Crippen LogP contribution in [-0.4, -0.2) is 15.8 Å². The fraction of sp³-hybridized carbons (Fsp3) is 0.250. The monoisotopic (exact) mass is 162 g/mol. The largest absolute Gasteiger partial charge is 0.508 e. The summed E-state index contributed by atoms with van der Waals surface area (Å²) >= 11 is 0. The third-order valence-electron chi connectivity index (χ3n) is 1.71. The number of aliphatic hydroxyl groups excluding tert-OH is 1. The number of hydrogen-bond donors (Lipinski definition) is 2. The molecule has 0 radical (unpaired) electrons. The fourth-order valence-electron chi connectivity index (χ4n) is 0.947. The molecule has 0 aromatic rings. The van der Waals surface area contributed by atoms with Gasteiger partial charge < -0.3 is 10.2 Å². The predicted octanol–water partition coefficient (Wildman–Crippen LogP) is 0.393. The van der Waals surface area contributed by atoms with E-state index in [1.165, 1.54) is 24.3 Å². The molecule has 0 saturated carbocycles. The lowest BCUT2D eigenvalue weighted by molar-refractivity contribution is 0.0651. The van der Waals surface area contributed by atoms with Crippen LogP contribution in [0.4, 0.5) is 0 Å².